The summed E-state index contributed by atoms with van der Waals surface area (Å²) in [7, 11) is 0. The maximum absolute atomic E-state index is 15.2. The fraction of sp³-hybridized carbons (Fsp3) is 0.320. The highest BCUT2D eigenvalue weighted by Crippen LogP contribution is 2.37. The molecule has 0 radical (unpaired) electrons. The maximum Gasteiger partial charge on any atom is 0.380 e. The van der Waals surface area contributed by atoms with Gasteiger partial charge in [-0.1, -0.05) is 46.4 Å². The number of rotatable bonds is 14. The van der Waals surface area contributed by atoms with Crippen LogP contribution in [0.1, 0.15) is 60.9 Å². The number of carbonyl (C=O) groups excluding carboxylic acids is 2. The summed E-state index contributed by atoms with van der Waals surface area (Å²) < 4.78 is 82.6. The predicted molar refractivity (Wildman–Crippen MR) is 258 cm³/mol. The molecule has 2 saturated heterocycles. The standard InChI is InChI=1S/2C25H22Cl2F2N2O4/c2*26-16-3-5-19-14(9-16)11-21(34-19)23(32)18(13-31-7-1-2-8-31)30-24(33)25(28,29)22-12-15-10-17(27)4-6-20(15)35-22/h2*3-6,9-12,18,23,32H,1-2,7-8,13H2,(H,30,33)/t18-,23+;18-,23-/m11/s1. The number of hydrogen-bond donors (Lipinski definition) is 4. The van der Waals surface area contributed by atoms with E-state index >= 15 is 17.6 Å². The summed E-state index contributed by atoms with van der Waals surface area (Å²) in [6.07, 6.45) is 1.09. The van der Waals surface area contributed by atoms with E-state index in [9.17, 15) is 19.8 Å². The van der Waals surface area contributed by atoms with E-state index in [1.807, 2.05) is 9.80 Å². The molecule has 2 fully saturated rings. The number of likely N-dealkylation sites (tertiary alicyclic amines) is 2. The molecular formula is C50H44Cl4F4N4O8. The Hall–Kier alpha value is -5.30. The highest BCUT2D eigenvalue weighted by molar-refractivity contribution is 6.32. The summed E-state index contributed by atoms with van der Waals surface area (Å²) in [6, 6.07) is 22.1. The third kappa shape index (κ3) is 10.8. The summed E-state index contributed by atoms with van der Waals surface area (Å²) in [4.78, 5) is 29.7. The Labute approximate surface area is 416 Å². The zero-order valence-electron chi connectivity index (χ0n) is 36.9. The number of aliphatic hydroxyl groups excluding tert-OH is 2. The molecule has 4 aromatic heterocycles. The lowest BCUT2D eigenvalue weighted by atomic mass is 10.1. The van der Waals surface area contributed by atoms with E-state index < -0.39 is 59.5 Å². The van der Waals surface area contributed by atoms with Gasteiger partial charge in [0.15, 0.2) is 11.5 Å². The van der Waals surface area contributed by atoms with Crippen molar-refractivity contribution in [1.29, 1.82) is 0 Å². The topological polar surface area (TPSA) is 158 Å². The SMILES string of the molecule is O=C(N[C@H](CN1CCCC1)[C@@H](O)c1cc2cc(Cl)ccc2o1)C(F)(F)c1cc2cc(Cl)ccc2o1.O=C(N[C@H](CN1CCCC1)[C@H](O)c1cc2cc(Cl)ccc2o1)C(F)(F)c1cc2cc(Cl)ccc2o1. The number of alkyl halides is 4. The molecule has 0 unspecified atom stereocenters. The lowest BCUT2D eigenvalue weighted by Crippen LogP contribution is -2.50. The lowest BCUT2D eigenvalue weighted by Gasteiger charge is -2.28. The van der Waals surface area contributed by atoms with Gasteiger partial charge < -0.3 is 48.3 Å². The number of halogens is 8. The van der Waals surface area contributed by atoms with Crippen LogP contribution in [0.25, 0.3) is 43.9 Å². The predicted octanol–water partition coefficient (Wildman–Crippen LogP) is 11.8. The van der Waals surface area contributed by atoms with E-state index in [0.717, 1.165) is 64.0 Å². The fourth-order valence-electron chi connectivity index (χ4n) is 8.77. The van der Waals surface area contributed by atoms with Crippen LogP contribution in [0.2, 0.25) is 20.1 Å². The second-order valence-electron chi connectivity index (χ2n) is 17.5. The van der Waals surface area contributed by atoms with Crippen molar-refractivity contribution < 1.29 is 55.0 Å². The summed E-state index contributed by atoms with van der Waals surface area (Å²) in [5, 5.41) is 30.6. The highest BCUT2D eigenvalue weighted by Gasteiger charge is 2.48. The Balaban J connectivity index is 0.000000174. The van der Waals surface area contributed by atoms with Gasteiger partial charge in [0.1, 0.15) is 46.1 Å². The van der Waals surface area contributed by atoms with Crippen molar-refractivity contribution in [3.05, 3.63) is 140 Å². The van der Waals surface area contributed by atoms with Crippen LogP contribution in [0.5, 0.6) is 0 Å². The van der Waals surface area contributed by atoms with E-state index in [2.05, 4.69) is 10.6 Å². The van der Waals surface area contributed by atoms with Crippen molar-refractivity contribution in [3.8, 4) is 0 Å². The molecule has 4 aromatic carbocycles. The molecule has 4 N–H and O–H groups in total. The minimum Gasteiger partial charge on any atom is -0.458 e. The third-order valence-electron chi connectivity index (χ3n) is 12.4. The largest absolute Gasteiger partial charge is 0.458 e. The van der Waals surface area contributed by atoms with Crippen LogP contribution in [0, 0.1) is 0 Å². The van der Waals surface area contributed by atoms with Gasteiger partial charge in [-0.2, -0.15) is 17.6 Å². The van der Waals surface area contributed by atoms with Gasteiger partial charge in [-0.25, -0.2) is 0 Å². The van der Waals surface area contributed by atoms with Crippen LogP contribution in [-0.4, -0.2) is 83.2 Å². The van der Waals surface area contributed by atoms with Crippen LogP contribution >= 0.6 is 46.4 Å². The minimum absolute atomic E-state index is 0.147. The van der Waals surface area contributed by atoms with Crippen molar-refractivity contribution in [1.82, 2.24) is 20.4 Å². The van der Waals surface area contributed by atoms with Gasteiger partial charge in [-0.3, -0.25) is 9.59 Å². The Morgan fingerprint density at radius 1 is 0.500 bits per heavy atom. The van der Waals surface area contributed by atoms with Crippen LogP contribution in [0.15, 0.2) is 115 Å². The molecule has 8 aromatic rings. The highest BCUT2D eigenvalue weighted by atomic mass is 35.5. The lowest BCUT2D eigenvalue weighted by molar-refractivity contribution is -0.151. The zero-order valence-corrected chi connectivity index (χ0v) is 39.9. The van der Waals surface area contributed by atoms with Gasteiger partial charge in [-0.15, -0.1) is 0 Å². The van der Waals surface area contributed by atoms with Gasteiger partial charge in [0.25, 0.3) is 11.8 Å². The fourth-order valence-corrected chi connectivity index (χ4v) is 9.50. The van der Waals surface area contributed by atoms with Crippen molar-refractivity contribution in [2.45, 2.75) is 61.8 Å². The first kappa shape index (κ1) is 49.7. The molecule has 12 nitrogen and oxygen atoms in total. The van der Waals surface area contributed by atoms with Gasteiger partial charge in [0, 0.05) is 54.7 Å². The van der Waals surface area contributed by atoms with E-state index in [4.69, 9.17) is 64.1 Å². The Morgan fingerprint density at radius 2 is 0.800 bits per heavy atom. The molecule has 20 heteroatoms. The summed E-state index contributed by atoms with van der Waals surface area (Å²) >= 11 is 23.9. The molecule has 70 heavy (non-hydrogen) atoms. The van der Waals surface area contributed by atoms with Crippen LogP contribution in [-0.2, 0) is 21.4 Å². The Morgan fingerprint density at radius 3 is 1.13 bits per heavy atom. The van der Waals surface area contributed by atoms with Crippen molar-refractivity contribution >= 4 is 102 Å². The molecule has 0 bridgehead atoms. The van der Waals surface area contributed by atoms with Crippen LogP contribution < -0.4 is 10.6 Å². The number of hydrogen-bond acceptors (Lipinski definition) is 10. The molecule has 0 spiro atoms. The number of fused-ring (bicyclic) bond motifs is 4. The molecule has 4 atom stereocenters. The van der Waals surface area contributed by atoms with Crippen molar-refractivity contribution in [3.63, 3.8) is 0 Å². The second kappa shape index (κ2) is 20.4. The molecule has 2 aliphatic heterocycles. The van der Waals surface area contributed by atoms with E-state index in [-0.39, 0.29) is 35.8 Å². The van der Waals surface area contributed by atoms with Gasteiger partial charge in [0.2, 0.25) is 0 Å². The van der Waals surface area contributed by atoms with E-state index in [1.54, 1.807) is 48.5 Å². The van der Waals surface area contributed by atoms with Gasteiger partial charge >= 0.3 is 11.8 Å². The number of aliphatic hydroxyl groups is 2. The number of amides is 2. The monoisotopic (exact) mass is 1040 g/mol. The Bertz CT molecular complexity index is 2970. The van der Waals surface area contributed by atoms with Gasteiger partial charge in [-0.05, 0) is 149 Å². The minimum atomic E-state index is -3.98. The number of carbonyl (C=O) groups is 2. The first-order valence-electron chi connectivity index (χ1n) is 22.4. The molecule has 368 valence electrons. The molecule has 2 amide bonds. The zero-order chi connectivity index (χ0) is 49.5. The molecule has 6 heterocycles. The average Bonchev–Trinajstić information content (AvgIpc) is 4.19. The number of benzene rings is 4. The Kier molecular flexibility index (Phi) is 14.5. The third-order valence-corrected chi connectivity index (χ3v) is 13.4. The summed E-state index contributed by atoms with van der Waals surface area (Å²) in [6.45, 7) is 3.34. The van der Waals surface area contributed by atoms with Crippen molar-refractivity contribution in [2.75, 3.05) is 39.3 Å². The maximum atomic E-state index is 15.2. The van der Waals surface area contributed by atoms with Gasteiger partial charge in [0.05, 0.1) is 12.1 Å². The first-order valence-corrected chi connectivity index (χ1v) is 23.9. The van der Waals surface area contributed by atoms with E-state index in [1.165, 1.54) is 36.4 Å². The normalized spacial score (nSPS) is 16.7. The molecule has 0 aliphatic carbocycles. The summed E-state index contributed by atoms with van der Waals surface area (Å²) in [5.41, 5.74) is 1.35. The molecule has 0 saturated carbocycles. The quantitative estimate of drug-likeness (QED) is 0.0773. The first-order chi connectivity index (χ1) is 33.4. The smallest absolute Gasteiger partial charge is 0.380 e. The molecular weight excluding hydrogens is 1000 g/mol. The van der Waals surface area contributed by atoms with Crippen molar-refractivity contribution in [2.24, 2.45) is 0 Å². The average molecular weight is 1050 g/mol. The second-order valence-corrected chi connectivity index (χ2v) is 19.2. The number of nitrogens with zero attached hydrogens (tertiary/aromatic N) is 2. The van der Waals surface area contributed by atoms with E-state index in [0.29, 0.717) is 52.8 Å². The molecule has 10 rings (SSSR count). The van der Waals surface area contributed by atoms with Crippen LogP contribution in [0.3, 0.4) is 0 Å². The number of nitrogens with one attached hydrogen (secondary N) is 2. The number of furan rings is 4. The van der Waals surface area contributed by atoms with Crippen LogP contribution in [0.4, 0.5) is 17.6 Å². The summed E-state index contributed by atoms with van der Waals surface area (Å²) in [5.74, 6) is -12.4. The molecule has 2 aliphatic rings.